The number of benzene rings is 1. The van der Waals surface area contributed by atoms with E-state index in [1.807, 2.05) is 6.07 Å². The molecule has 2 aromatic rings. The third-order valence-electron chi connectivity index (χ3n) is 3.52. The lowest BCUT2D eigenvalue weighted by Crippen LogP contribution is -2.14. The molecule has 0 fully saturated rings. The summed E-state index contributed by atoms with van der Waals surface area (Å²) >= 11 is 0. The zero-order valence-electron chi connectivity index (χ0n) is 12.1. The van der Waals surface area contributed by atoms with Gasteiger partial charge >= 0.3 is 0 Å². The van der Waals surface area contributed by atoms with Gasteiger partial charge in [-0.3, -0.25) is 4.79 Å². The number of fused-ring (bicyclic) bond motifs is 1. The highest BCUT2D eigenvalue weighted by molar-refractivity contribution is 5.75. The number of unbranched alkanes of at least 4 members (excludes halogenated alkanes) is 2. The number of carbonyl (C=O) groups is 1. The van der Waals surface area contributed by atoms with Crippen molar-refractivity contribution in [3.63, 3.8) is 0 Å². The van der Waals surface area contributed by atoms with Crippen LogP contribution in [0, 0.1) is 0 Å². The van der Waals surface area contributed by atoms with Crippen LogP contribution < -0.4 is 5.32 Å². The second kappa shape index (κ2) is 7.68. The number of rotatable bonds is 9. The number of imidazole rings is 1. The molecule has 1 amide bonds. The van der Waals surface area contributed by atoms with Gasteiger partial charge in [0.25, 0.3) is 0 Å². The average molecular weight is 273 g/mol. The Morgan fingerprint density at radius 2 is 2.10 bits per heavy atom. The molecule has 1 aromatic carbocycles. The summed E-state index contributed by atoms with van der Waals surface area (Å²) in [6.45, 7) is 3.96. The fourth-order valence-electron chi connectivity index (χ4n) is 2.49. The van der Waals surface area contributed by atoms with Crippen molar-refractivity contribution in [3.8, 4) is 0 Å². The first-order valence-electron chi connectivity index (χ1n) is 7.48. The van der Waals surface area contributed by atoms with Crippen LogP contribution in [-0.4, -0.2) is 22.5 Å². The summed E-state index contributed by atoms with van der Waals surface area (Å²) in [4.78, 5) is 15.0. The molecule has 4 nitrogen and oxygen atoms in total. The minimum atomic E-state index is 0.710. The average Bonchev–Trinajstić information content (AvgIpc) is 2.82. The zero-order chi connectivity index (χ0) is 14.2. The van der Waals surface area contributed by atoms with E-state index in [1.54, 1.807) is 0 Å². The molecule has 0 saturated heterocycles. The molecule has 1 N–H and O–H groups in total. The normalized spacial score (nSPS) is 10.8. The second-order valence-corrected chi connectivity index (χ2v) is 5.05. The number of aryl methyl sites for hydroxylation is 2. The van der Waals surface area contributed by atoms with Gasteiger partial charge in [-0.05, 0) is 25.0 Å². The molecule has 0 atom stereocenters. The summed E-state index contributed by atoms with van der Waals surface area (Å²) < 4.78 is 2.34. The van der Waals surface area contributed by atoms with Crippen molar-refractivity contribution in [2.24, 2.45) is 0 Å². The number of nitrogens with zero attached hydrogens (tertiary/aromatic N) is 2. The van der Waals surface area contributed by atoms with Gasteiger partial charge in [0, 0.05) is 19.5 Å². The second-order valence-electron chi connectivity index (χ2n) is 5.05. The van der Waals surface area contributed by atoms with E-state index >= 15 is 0 Å². The standard InChI is InChI=1S/C16H23N3O/c1-2-3-6-12-19-15-9-5-4-8-14(15)18-16(19)10-7-11-17-13-20/h4-5,8-9,13H,2-3,6-7,10-12H2,1H3,(H,17,20). The van der Waals surface area contributed by atoms with Crippen LogP contribution in [-0.2, 0) is 17.8 Å². The van der Waals surface area contributed by atoms with Crippen LogP contribution in [0.1, 0.15) is 38.4 Å². The monoisotopic (exact) mass is 273 g/mol. The Labute approximate surface area is 120 Å². The summed E-state index contributed by atoms with van der Waals surface area (Å²) in [5, 5.41) is 2.71. The molecule has 108 valence electrons. The Balaban J connectivity index is 2.13. The zero-order valence-corrected chi connectivity index (χ0v) is 12.1. The van der Waals surface area contributed by atoms with Gasteiger partial charge in [0.2, 0.25) is 6.41 Å². The molecule has 0 spiro atoms. The molecule has 0 saturated carbocycles. The number of nitrogens with one attached hydrogen (secondary N) is 1. The molecule has 4 heteroatoms. The van der Waals surface area contributed by atoms with Gasteiger partial charge in [0.05, 0.1) is 11.0 Å². The maximum Gasteiger partial charge on any atom is 0.207 e. The minimum absolute atomic E-state index is 0.710. The molecule has 0 radical (unpaired) electrons. The van der Waals surface area contributed by atoms with Gasteiger partial charge in [-0.1, -0.05) is 31.9 Å². The first kappa shape index (κ1) is 14.6. The van der Waals surface area contributed by atoms with Crippen molar-refractivity contribution < 1.29 is 4.79 Å². The fraction of sp³-hybridized carbons (Fsp3) is 0.500. The predicted octanol–water partition coefficient (Wildman–Crippen LogP) is 2.91. The third-order valence-corrected chi connectivity index (χ3v) is 3.52. The lowest BCUT2D eigenvalue weighted by molar-refractivity contribution is -0.109. The predicted molar refractivity (Wildman–Crippen MR) is 81.6 cm³/mol. The van der Waals surface area contributed by atoms with Crippen molar-refractivity contribution in [2.75, 3.05) is 6.54 Å². The Morgan fingerprint density at radius 1 is 1.25 bits per heavy atom. The number of para-hydroxylation sites is 2. The third kappa shape index (κ3) is 3.59. The SMILES string of the molecule is CCCCCn1c(CCCNC=O)nc2ccccc21. The highest BCUT2D eigenvalue weighted by Gasteiger charge is 2.09. The summed E-state index contributed by atoms with van der Waals surface area (Å²) in [6.07, 6.45) is 6.25. The van der Waals surface area contributed by atoms with Crippen molar-refractivity contribution >= 4 is 17.4 Å². The topological polar surface area (TPSA) is 46.9 Å². The summed E-state index contributed by atoms with van der Waals surface area (Å²) in [5.74, 6) is 1.13. The van der Waals surface area contributed by atoms with E-state index in [9.17, 15) is 4.79 Å². The van der Waals surface area contributed by atoms with Crippen LogP contribution in [0.15, 0.2) is 24.3 Å². The van der Waals surface area contributed by atoms with Crippen molar-refractivity contribution in [1.29, 1.82) is 0 Å². The van der Waals surface area contributed by atoms with Gasteiger partial charge in [0.1, 0.15) is 5.82 Å². The molecular formula is C16H23N3O. The molecule has 0 aliphatic rings. The van der Waals surface area contributed by atoms with Gasteiger partial charge < -0.3 is 9.88 Å². The van der Waals surface area contributed by atoms with E-state index < -0.39 is 0 Å². The highest BCUT2D eigenvalue weighted by Crippen LogP contribution is 2.18. The Kier molecular flexibility index (Phi) is 5.59. The lowest BCUT2D eigenvalue weighted by Gasteiger charge is -2.08. The number of amides is 1. The smallest absolute Gasteiger partial charge is 0.207 e. The summed E-state index contributed by atoms with van der Waals surface area (Å²) in [7, 11) is 0. The van der Waals surface area contributed by atoms with Crippen molar-refractivity contribution in [1.82, 2.24) is 14.9 Å². The fourth-order valence-corrected chi connectivity index (χ4v) is 2.49. The van der Waals surface area contributed by atoms with Crippen molar-refractivity contribution in [2.45, 2.75) is 45.6 Å². The molecule has 2 rings (SSSR count). The van der Waals surface area contributed by atoms with E-state index in [1.165, 1.54) is 24.8 Å². The molecular weight excluding hydrogens is 250 g/mol. The van der Waals surface area contributed by atoms with Crippen molar-refractivity contribution in [3.05, 3.63) is 30.1 Å². The minimum Gasteiger partial charge on any atom is -0.359 e. The molecule has 20 heavy (non-hydrogen) atoms. The molecule has 0 bridgehead atoms. The van der Waals surface area contributed by atoms with E-state index in [0.717, 1.165) is 37.1 Å². The quantitative estimate of drug-likeness (QED) is 0.564. The van der Waals surface area contributed by atoms with Crippen LogP contribution in [0.25, 0.3) is 11.0 Å². The largest absolute Gasteiger partial charge is 0.359 e. The van der Waals surface area contributed by atoms with E-state index in [0.29, 0.717) is 6.54 Å². The molecule has 0 aliphatic heterocycles. The first-order chi connectivity index (χ1) is 9.86. The molecule has 1 heterocycles. The first-order valence-corrected chi connectivity index (χ1v) is 7.48. The Hall–Kier alpha value is -1.84. The number of carbonyl (C=O) groups excluding carboxylic acids is 1. The molecule has 0 unspecified atom stereocenters. The summed E-state index contributed by atoms with van der Waals surface area (Å²) in [5.41, 5.74) is 2.30. The highest BCUT2D eigenvalue weighted by atomic mass is 16.1. The Morgan fingerprint density at radius 3 is 2.90 bits per heavy atom. The molecule has 0 aliphatic carbocycles. The Bertz CT molecular complexity index is 548. The maximum atomic E-state index is 10.3. The van der Waals surface area contributed by atoms with Gasteiger partial charge in [-0.2, -0.15) is 0 Å². The van der Waals surface area contributed by atoms with E-state index in [2.05, 4.69) is 35.0 Å². The van der Waals surface area contributed by atoms with Crippen LogP contribution in [0.3, 0.4) is 0 Å². The van der Waals surface area contributed by atoms with Crippen LogP contribution in [0.4, 0.5) is 0 Å². The van der Waals surface area contributed by atoms with E-state index in [4.69, 9.17) is 4.98 Å². The van der Waals surface area contributed by atoms with E-state index in [-0.39, 0.29) is 0 Å². The maximum absolute atomic E-state index is 10.3. The van der Waals surface area contributed by atoms with Crippen LogP contribution >= 0.6 is 0 Å². The molecule has 1 aromatic heterocycles. The lowest BCUT2D eigenvalue weighted by atomic mass is 10.2. The number of hydrogen-bond acceptors (Lipinski definition) is 2. The van der Waals surface area contributed by atoms with Crippen LogP contribution in [0.5, 0.6) is 0 Å². The van der Waals surface area contributed by atoms with Gasteiger partial charge in [0.15, 0.2) is 0 Å². The van der Waals surface area contributed by atoms with Gasteiger partial charge in [-0.15, -0.1) is 0 Å². The number of aromatic nitrogens is 2. The van der Waals surface area contributed by atoms with Crippen LogP contribution in [0.2, 0.25) is 0 Å². The van der Waals surface area contributed by atoms with Gasteiger partial charge in [-0.25, -0.2) is 4.98 Å². The number of hydrogen-bond donors (Lipinski definition) is 1. The summed E-state index contributed by atoms with van der Waals surface area (Å²) in [6, 6.07) is 8.31.